The Morgan fingerprint density at radius 2 is 2.25 bits per heavy atom. The SMILES string of the molecule is CC1CCN(C(=O)CSc2ncnc3sccc23)CC1. The van der Waals surface area contributed by atoms with Crippen LogP contribution in [-0.2, 0) is 4.79 Å². The van der Waals surface area contributed by atoms with Crippen molar-refractivity contribution < 1.29 is 4.79 Å². The van der Waals surface area contributed by atoms with Gasteiger partial charge in [0.1, 0.15) is 16.2 Å². The van der Waals surface area contributed by atoms with E-state index >= 15 is 0 Å². The number of rotatable bonds is 3. The van der Waals surface area contributed by atoms with Crippen LogP contribution in [0.4, 0.5) is 0 Å². The maximum atomic E-state index is 12.2. The van der Waals surface area contributed by atoms with Gasteiger partial charge in [-0.3, -0.25) is 4.79 Å². The van der Waals surface area contributed by atoms with Crippen LogP contribution in [0.1, 0.15) is 19.8 Å². The van der Waals surface area contributed by atoms with E-state index in [1.807, 2.05) is 16.3 Å². The molecule has 4 nitrogen and oxygen atoms in total. The summed E-state index contributed by atoms with van der Waals surface area (Å²) >= 11 is 3.13. The molecule has 6 heteroatoms. The number of carbonyl (C=O) groups excluding carboxylic acids is 1. The third-order valence-electron chi connectivity index (χ3n) is 3.69. The minimum Gasteiger partial charge on any atom is -0.342 e. The molecule has 1 aliphatic heterocycles. The fraction of sp³-hybridized carbons (Fsp3) is 0.500. The first-order valence-electron chi connectivity index (χ1n) is 6.83. The molecule has 0 saturated carbocycles. The Bertz CT molecular complexity index is 605. The second-order valence-electron chi connectivity index (χ2n) is 5.17. The van der Waals surface area contributed by atoms with E-state index < -0.39 is 0 Å². The molecule has 1 amide bonds. The van der Waals surface area contributed by atoms with Crippen molar-refractivity contribution >= 4 is 39.2 Å². The second kappa shape index (κ2) is 6.10. The maximum Gasteiger partial charge on any atom is 0.232 e. The van der Waals surface area contributed by atoms with E-state index in [1.165, 1.54) is 11.8 Å². The summed E-state index contributed by atoms with van der Waals surface area (Å²) < 4.78 is 0. The normalized spacial score (nSPS) is 16.8. The molecule has 0 spiro atoms. The highest BCUT2D eigenvalue weighted by Gasteiger charge is 2.20. The third-order valence-corrected chi connectivity index (χ3v) is 5.50. The number of carbonyl (C=O) groups is 1. The van der Waals surface area contributed by atoms with Crippen molar-refractivity contribution in [3.05, 3.63) is 17.8 Å². The summed E-state index contributed by atoms with van der Waals surface area (Å²) in [6.45, 7) is 4.06. The lowest BCUT2D eigenvalue weighted by Crippen LogP contribution is -2.38. The van der Waals surface area contributed by atoms with Crippen LogP contribution in [0.15, 0.2) is 22.8 Å². The lowest BCUT2D eigenvalue weighted by molar-refractivity contribution is -0.129. The van der Waals surface area contributed by atoms with Gasteiger partial charge in [0, 0.05) is 18.5 Å². The molecule has 0 atom stereocenters. The summed E-state index contributed by atoms with van der Waals surface area (Å²) in [7, 11) is 0. The maximum absolute atomic E-state index is 12.2. The predicted molar refractivity (Wildman–Crippen MR) is 83.1 cm³/mol. The van der Waals surface area contributed by atoms with Gasteiger partial charge in [0.2, 0.25) is 5.91 Å². The highest BCUT2D eigenvalue weighted by Crippen LogP contribution is 2.28. The number of piperidine rings is 1. The highest BCUT2D eigenvalue weighted by atomic mass is 32.2. The van der Waals surface area contributed by atoms with Gasteiger partial charge in [-0.1, -0.05) is 18.7 Å². The summed E-state index contributed by atoms with van der Waals surface area (Å²) in [5, 5.41) is 3.98. The topological polar surface area (TPSA) is 46.1 Å². The molecule has 106 valence electrons. The first-order valence-corrected chi connectivity index (χ1v) is 8.69. The molecule has 1 saturated heterocycles. The number of thioether (sulfide) groups is 1. The predicted octanol–water partition coefficient (Wildman–Crippen LogP) is 3.04. The molecular formula is C14H17N3OS2. The average molecular weight is 307 g/mol. The number of hydrogen-bond donors (Lipinski definition) is 0. The zero-order valence-electron chi connectivity index (χ0n) is 11.4. The van der Waals surface area contributed by atoms with Crippen LogP contribution in [0.25, 0.3) is 10.2 Å². The number of thiophene rings is 1. The molecule has 0 aromatic carbocycles. The van der Waals surface area contributed by atoms with Crippen molar-refractivity contribution in [1.82, 2.24) is 14.9 Å². The Morgan fingerprint density at radius 1 is 1.45 bits per heavy atom. The summed E-state index contributed by atoms with van der Waals surface area (Å²) in [6.07, 6.45) is 3.82. The van der Waals surface area contributed by atoms with Gasteiger partial charge in [-0.15, -0.1) is 11.3 Å². The summed E-state index contributed by atoms with van der Waals surface area (Å²) in [6, 6.07) is 2.02. The number of nitrogens with zero attached hydrogens (tertiary/aromatic N) is 3. The van der Waals surface area contributed by atoms with Gasteiger partial charge in [0.05, 0.1) is 5.75 Å². The molecule has 0 aliphatic carbocycles. The van der Waals surface area contributed by atoms with Crippen LogP contribution in [0, 0.1) is 5.92 Å². The zero-order chi connectivity index (χ0) is 13.9. The monoisotopic (exact) mass is 307 g/mol. The fourth-order valence-electron chi connectivity index (χ4n) is 2.36. The van der Waals surface area contributed by atoms with Gasteiger partial charge < -0.3 is 4.90 Å². The van der Waals surface area contributed by atoms with E-state index in [0.717, 1.165) is 47.1 Å². The molecule has 1 aliphatic rings. The second-order valence-corrected chi connectivity index (χ2v) is 7.03. The van der Waals surface area contributed by atoms with Crippen LogP contribution in [-0.4, -0.2) is 39.6 Å². The Labute approximate surface area is 126 Å². The third kappa shape index (κ3) is 2.96. The van der Waals surface area contributed by atoms with E-state index in [4.69, 9.17) is 0 Å². The van der Waals surface area contributed by atoms with Gasteiger partial charge in [-0.25, -0.2) is 9.97 Å². The van der Waals surface area contributed by atoms with Crippen molar-refractivity contribution in [3.63, 3.8) is 0 Å². The lowest BCUT2D eigenvalue weighted by atomic mass is 9.99. The van der Waals surface area contributed by atoms with Crippen LogP contribution >= 0.6 is 23.1 Å². The van der Waals surface area contributed by atoms with E-state index in [2.05, 4.69) is 16.9 Å². The molecule has 0 bridgehead atoms. The van der Waals surface area contributed by atoms with Crippen molar-refractivity contribution in [3.8, 4) is 0 Å². The largest absolute Gasteiger partial charge is 0.342 e. The van der Waals surface area contributed by atoms with Crippen molar-refractivity contribution in [1.29, 1.82) is 0 Å². The summed E-state index contributed by atoms with van der Waals surface area (Å²) in [5.41, 5.74) is 0. The molecule has 2 aromatic heterocycles. The van der Waals surface area contributed by atoms with Crippen molar-refractivity contribution in [2.75, 3.05) is 18.8 Å². The summed E-state index contributed by atoms with van der Waals surface area (Å²) in [4.78, 5) is 23.7. The van der Waals surface area contributed by atoms with Crippen LogP contribution in [0.2, 0.25) is 0 Å². The Balaban J connectivity index is 1.62. The van der Waals surface area contributed by atoms with Gasteiger partial charge in [-0.2, -0.15) is 0 Å². The van der Waals surface area contributed by atoms with E-state index in [9.17, 15) is 4.79 Å². The minimum absolute atomic E-state index is 0.226. The molecule has 0 radical (unpaired) electrons. The number of hydrogen-bond acceptors (Lipinski definition) is 5. The number of fused-ring (bicyclic) bond motifs is 1. The fourth-order valence-corrected chi connectivity index (χ4v) is 4.04. The summed E-state index contributed by atoms with van der Waals surface area (Å²) in [5.74, 6) is 1.44. The minimum atomic E-state index is 0.226. The van der Waals surface area contributed by atoms with Gasteiger partial charge in [0.25, 0.3) is 0 Å². The standard InChI is InChI=1S/C14H17N3OS2/c1-10-2-5-17(6-3-10)12(18)8-20-14-11-4-7-19-13(11)15-9-16-14/h4,7,9-10H,2-3,5-6,8H2,1H3. The molecule has 0 unspecified atom stereocenters. The Kier molecular flexibility index (Phi) is 4.21. The molecule has 1 fully saturated rings. The van der Waals surface area contributed by atoms with Crippen LogP contribution < -0.4 is 0 Å². The van der Waals surface area contributed by atoms with Gasteiger partial charge in [-0.05, 0) is 30.2 Å². The van der Waals surface area contributed by atoms with Crippen molar-refractivity contribution in [2.24, 2.45) is 5.92 Å². The van der Waals surface area contributed by atoms with E-state index in [-0.39, 0.29) is 5.91 Å². The molecule has 3 heterocycles. The highest BCUT2D eigenvalue weighted by molar-refractivity contribution is 8.00. The average Bonchev–Trinajstić information content (AvgIpc) is 2.94. The first kappa shape index (κ1) is 13.8. The molecule has 2 aromatic rings. The van der Waals surface area contributed by atoms with E-state index in [0.29, 0.717) is 5.75 Å². The number of likely N-dealkylation sites (tertiary alicyclic amines) is 1. The zero-order valence-corrected chi connectivity index (χ0v) is 13.0. The quantitative estimate of drug-likeness (QED) is 0.646. The lowest BCUT2D eigenvalue weighted by Gasteiger charge is -2.30. The van der Waals surface area contributed by atoms with Gasteiger partial charge in [0.15, 0.2) is 0 Å². The van der Waals surface area contributed by atoms with Gasteiger partial charge >= 0.3 is 0 Å². The van der Waals surface area contributed by atoms with Crippen LogP contribution in [0.3, 0.4) is 0 Å². The molecule has 20 heavy (non-hydrogen) atoms. The molecule has 3 rings (SSSR count). The van der Waals surface area contributed by atoms with E-state index in [1.54, 1.807) is 17.7 Å². The van der Waals surface area contributed by atoms with Crippen molar-refractivity contribution in [2.45, 2.75) is 24.8 Å². The van der Waals surface area contributed by atoms with Crippen LogP contribution in [0.5, 0.6) is 0 Å². The smallest absolute Gasteiger partial charge is 0.232 e. The Morgan fingerprint density at radius 3 is 3.05 bits per heavy atom. The number of amides is 1. The molecular weight excluding hydrogens is 290 g/mol. The molecule has 0 N–H and O–H groups in total. The number of aromatic nitrogens is 2. The first-order chi connectivity index (χ1) is 9.74. The Hall–Kier alpha value is -1.14.